The van der Waals surface area contributed by atoms with Crippen molar-refractivity contribution in [1.29, 1.82) is 0 Å². The van der Waals surface area contributed by atoms with Crippen molar-refractivity contribution < 1.29 is 4.39 Å². The van der Waals surface area contributed by atoms with Gasteiger partial charge >= 0.3 is 0 Å². The molecule has 1 unspecified atom stereocenters. The Hall–Kier alpha value is -1.58. The molecule has 1 atom stereocenters. The number of benzene rings is 1. The predicted molar refractivity (Wildman–Crippen MR) is 74.0 cm³/mol. The highest BCUT2D eigenvalue weighted by atomic mass is 19.1. The Morgan fingerprint density at radius 1 is 1.28 bits per heavy atom. The standard InChI is InChI=1S/C14H22FN3/c1-10(2)9-17-14(16)18-11(3)8-12-4-6-13(15)7-5-12/h4-7,10-11H,8-9H2,1-3H3,(H3,16,17,18). The van der Waals surface area contributed by atoms with Crippen molar-refractivity contribution >= 4 is 5.96 Å². The van der Waals surface area contributed by atoms with Crippen LogP contribution in [0.15, 0.2) is 29.3 Å². The molecule has 1 aromatic carbocycles. The number of nitrogens with two attached hydrogens (primary N) is 1. The van der Waals surface area contributed by atoms with E-state index in [1.807, 2.05) is 6.92 Å². The second-order valence-electron chi connectivity index (χ2n) is 5.00. The molecule has 0 amide bonds. The van der Waals surface area contributed by atoms with Crippen LogP contribution in [-0.2, 0) is 6.42 Å². The minimum absolute atomic E-state index is 0.173. The van der Waals surface area contributed by atoms with E-state index in [4.69, 9.17) is 5.73 Å². The quantitative estimate of drug-likeness (QED) is 0.623. The first-order chi connectivity index (χ1) is 8.47. The first kappa shape index (κ1) is 14.5. The summed E-state index contributed by atoms with van der Waals surface area (Å²) in [6.07, 6.45) is 0.790. The number of nitrogens with one attached hydrogen (secondary N) is 1. The Labute approximate surface area is 108 Å². The maximum absolute atomic E-state index is 12.8. The maximum atomic E-state index is 12.8. The summed E-state index contributed by atoms with van der Waals surface area (Å²) < 4.78 is 12.8. The van der Waals surface area contributed by atoms with E-state index in [1.165, 1.54) is 12.1 Å². The van der Waals surface area contributed by atoms with E-state index in [1.54, 1.807) is 12.1 Å². The second kappa shape index (κ2) is 6.99. The number of guanidine groups is 1. The largest absolute Gasteiger partial charge is 0.370 e. The van der Waals surface area contributed by atoms with E-state index in [9.17, 15) is 4.39 Å². The fraction of sp³-hybridized carbons (Fsp3) is 0.500. The fourth-order valence-electron chi connectivity index (χ4n) is 1.60. The van der Waals surface area contributed by atoms with Gasteiger partial charge in [0.15, 0.2) is 5.96 Å². The number of hydrogen-bond acceptors (Lipinski definition) is 1. The second-order valence-corrected chi connectivity index (χ2v) is 5.00. The predicted octanol–water partition coefficient (Wildman–Crippen LogP) is 2.32. The summed E-state index contributed by atoms with van der Waals surface area (Å²) in [5.41, 5.74) is 6.86. The van der Waals surface area contributed by atoms with E-state index in [-0.39, 0.29) is 11.9 Å². The van der Waals surface area contributed by atoms with Gasteiger partial charge in [-0.3, -0.25) is 4.99 Å². The monoisotopic (exact) mass is 251 g/mol. The van der Waals surface area contributed by atoms with Crippen LogP contribution >= 0.6 is 0 Å². The summed E-state index contributed by atoms with van der Waals surface area (Å²) in [6, 6.07) is 6.69. The summed E-state index contributed by atoms with van der Waals surface area (Å²) in [5, 5.41) is 3.13. The number of aliphatic imine (C=N–C) groups is 1. The Bertz CT molecular complexity index is 385. The molecule has 0 saturated heterocycles. The normalized spacial score (nSPS) is 13.7. The van der Waals surface area contributed by atoms with Gasteiger partial charge in [0, 0.05) is 12.6 Å². The molecule has 0 saturated carbocycles. The average Bonchev–Trinajstić information content (AvgIpc) is 2.29. The van der Waals surface area contributed by atoms with Gasteiger partial charge in [-0.05, 0) is 37.0 Å². The van der Waals surface area contributed by atoms with Crippen LogP contribution in [0.1, 0.15) is 26.3 Å². The Morgan fingerprint density at radius 3 is 2.44 bits per heavy atom. The van der Waals surface area contributed by atoms with E-state index in [0.29, 0.717) is 11.9 Å². The molecular formula is C14H22FN3. The van der Waals surface area contributed by atoms with E-state index in [2.05, 4.69) is 24.2 Å². The lowest BCUT2D eigenvalue weighted by Gasteiger charge is -2.14. The van der Waals surface area contributed by atoms with Gasteiger partial charge in [-0.1, -0.05) is 26.0 Å². The lowest BCUT2D eigenvalue weighted by molar-refractivity contribution is 0.620. The topological polar surface area (TPSA) is 50.4 Å². The van der Waals surface area contributed by atoms with E-state index >= 15 is 0 Å². The molecule has 0 aliphatic carbocycles. The summed E-state index contributed by atoms with van der Waals surface area (Å²) in [5.74, 6) is 0.758. The molecule has 0 fully saturated rings. The molecule has 18 heavy (non-hydrogen) atoms. The molecule has 0 aliphatic rings. The third kappa shape index (κ3) is 5.66. The highest BCUT2D eigenvalue weighted by Gasteiger charge is 2.04. The first-order valence-electron chi connectivity index (χ1n) is 6.28. The molecule has 1 aromatic rings. The van der Waals surface area contributed by atoms with Crippen molar-refractivity contribution in [2.45, 2.75) is 33.2 Å². The van der Waals surface area contributed by atoms with Gasteiger partial charge in [0.2, 0.25) is 0 Å². The molecule has 0 spiro atoms. The van der Waals surface area contributed by atoms with E-state index in [0.717, 1.165) is 18.5 Å². The van der Waals surface area contributed by atoms with Gasteiger partial charge in [0.25, 0.3) is 0 Å². The van der Waals surface area contributed by atoms with Gasteiger partial charge < -0.3 is 11.1 Å². The molecule has 0 aliphatic heterocycles. The molecule has 1 rings (SSSR count). The van der Waals surface area contributed by atoms with Crippen molar-refractivity contribution in [2.75, 3.05) is 6.54 Å². The van der Waals surface area contributed by atoms with Crippen LogP contribution in [0, 0.1) is 11.7 Å². The number of rotatable bonds is 5. The lowest BCUT2D eigenvalue weighted by Crippen LogP contribution is -2.39. The van der Waals surface area contributed by atoms with Crippen LogP contribution in [0.4, 0.5) is 4.39 Å². The summed E-state index contributed by atoms with van der Waals surface area (Å²) in [4.78, 5) is 4.24. The minimum atomic E-state index is -0.211. The highest BCUT2D eigenvalue weighted by molar-refractivity contribution is 5.78. The molecule has 0 bridgehead atoms. The van der Waals surface area contributed by atoms with E-state index < -0.39 is 0 Å². The number of hydrogen-bond donors (Lipinski definition) is 2. The van der Waals surface area contributed by atoms with Gasteiger partial charge in [0.05, 0.1) is 0 Å². The first-order valence-corrected chi connectivity index (χ1v) is 6.28. The summed E-state index contributed by atoms with van der Waals surface area (Å²) in [7, 11) is 0. The van der Waals surface area contributed by atoms with Gasteiger partial charge in [-0.25, -0.2) is 4.39 Å². The molecular weight excluding hydrogens is 229 g/mol. The molecule has 4 heteroatoms. The maximum Gasteiger partial charge on any atom is 0.188 e. The number of nitrogens with zero attached hydrogens (tertiary/aromatic N) is 1. The zero-order valence-electron chi connectivity index (χ0n) is 11.3. The van der Waals surface area contributed by atoms with Gasteiger partial charge in [-0.2, -0.15) is 0 Å². The number of halogens is 1. The smallest absolute Gasteiger partial charge is 0.188 e. The van der Waals surface area contributed by atoms with Gasteiger partial charge in [-0.15, -0.1) is 0 Å². The Kier molecular flexibility index (Phi) is 5.62. The summed E-state index contributed by atoms with van der Waals surface area (Å²) >= 11 is 0. The van der Waals surface area contributed by atoms with Crippen molar-refractivity contribution in [1.82, 2.24) is 5.32 Å². The van der Waals surface area contributed by atoms with Crippen LogP contribution in [0.25, 0.3) is 0 Å². The van der Waals surface area contributed by atoms with Gasteiger partial charge in [0.1, 0.15) is 5.82 Å². The summed E-state index contributed by atoms with van der Waals surface area (Å²) in [6.45, 7) is 6.95. The Balaban J connectivity index is 2.43. The Morgan fingerprint density at radius 2 is 1.89 bits per heavy atom. The fourth-order valence-corrected chi connectivity index (χ4v) is 1.60. The molecule has 3 N–H and O–H groups in total. The van der Waals surface area contributed by atoms with Crippen LogP contribution in [0.2, 0.25) is 0 Å². The van der Waals surface area contributed by atoms with Crippen molar-refractivity contribution in [3.8, 4) is 0 Å². The zero-order valence-corrected chi connectivity index (χ0v) is 11.3. The molecule has 100 valence electrons. The average molecular weight is 251 g/mol. The van der Waals surface area contributed by atoms with Crippen LogP contribution in [0.5, 0.6) is 0 Å². The van der Waals surface area contributed by atoms with Crippen LogP contribution in [0.3, 0.4) is 0 Å². The van der Waals surface area contributed by atoms with Crippen molar-refractivity contribution in [3.63, 3.8) is 0 Å². The van der Waals surface area contributed by atoms with Crippen LogP contribution in [-0.4, -0.2) is 18.5 Å². The van der Waals surface area contributed by atoms with Crippen LogP contribution < -0.4 is 11.1 Å². The molecule has 0 heterocycles. The minimum Gasteiger partial charge on any atom is -0.370 e. The molecule has 3 nitrogen and oxygen atoms in total. The third-order valence-electron chi connectivity index (χ3n) is 2.48. The third-order valence-corrected chi connectivity index (χ3v) is 2.48. The SMILES string of the molecule is CC(C)CN=C(N)NC(C)Cc1ccc(F)cc1. The van der Waals surface area contributed by atoms with Crippen molar-refractivity contribution in [3.05, 3.63) is 35.6 Å². The lowest BCUT2D eigenvalue weighted by atomic mass is 10.1. The molecule has 0 aromatic heterocycles. The molecule has 0 radical (unpaired) electrons. The zero-order chi connectivity index (χ0) is 13.5. The highest BCUT2D eigenvalue weighted by Crippen LogP contribution is 2.05. The van der Waals surface area contributed by atoms with Crippen molar-refractivity contribution in [2.24, 2.45) is 16.6 Å².